The van der Waals surface area contributed by atoms with Crippen molar-refractivity contribution in [3.8, 4) is 5.75 Å². The summed E-state index contributed by atoms with van der Waals surface area (Å²) >= 11 is 0. The number of aromatic nitrogens is 1. The molecule has 9 heteroatoms. The third-order valence-electron chi connectivity index (χ3n) is 7.54. The van der Waals surface area contributed by atoms with Crippen LogP contribution in [0.3, 0.4) is 0 Å². The number of carbonyl (C=O) groups excluding carboxylic acids is 2. The Hall–Kier alpha value is -3.01. The quantitative estimate of drug-likeness (QED) is 0.640. The van der Waals surface area contributed by atoms with E-state index in [-0.39, 0.29) is 35.8 Å². The van der Waals surface area contributed by atoms with Gasteiger partial charge < -0.3 is 24.4 Å². The molecule has 3 heterocycles. The molecule has 1 fully saturated rings. The molecule has 3 atom stereocenters. The average Bonchev–Trinajstić information content (AvgIpc) is 2.94. The van der Waals surface area contributed by atoms with E-state index >= 15 is 0 Å². The molecule has 2 aliphatic rings. The molecule has 2 aromatic rings. The van der Waals surface area contributed by atoms with E-state index in [1.54, 1.807) is 43.5 Å². The molecule has 0 bridgehead atoms. The number of hydrogen-bond acceptors (Lipinski definition) is 7. The van der Waals surface area contributed by atoms with E-state index in [4.69, 9.17) is 14.2 Å². The van der Waals surface area contributed by atoms with E-state index in [1.807, 2.05) is 12.3 Å². The minimum absolute atomic E-state index is 0.0453. The number of ether oxygens (including phenoxy) is 3. The lowest BCUT2D eigenvalue weighted by molar-refractivity contribution is -0.122. The van der Waals surface area contributed by atoms with Crippen LogP contribution < -0.4 is 10.1 Å². The van der Waals surface area contributed by atoms with E-state index in [0.29, 0.717) is 56.2 Å². The van der Waals surface area contributed by atoms with Crippen LogP contribution in [0.2, 0.25) is 0 Å². The van der Waals surface area contributed by atoms with Crippen LogP contribution >= 0.6 is 0 Å². The van der Waals surface area contributed by atoms with Crippen LogP contribution in [0.15, 0.2) is 42.7 Å². The van der Waals surface area contributed by atoms with Crippen LogP contribution in [0, 0.1) is 11.8 Å². The zero-order valence-corrected chi connectivity index (χ0v) is 22.9. The number of methoxy groups -OCH3 is 1. The second kappa shape index (κ2) is 13.2. The number of benzene rings is 1. The van der Waals surface area contributed by atoms with Crippen LogP contribution in [-0.2, 0) is 20.8 Å². The first-order valence-corrected chi connectivity index (χ1v) is 13.4. The summed E-state index contributed by atoms with van der Waals surface area (Å²) in [6.07, 6.45) is 4.92. The van der Waals surface area contributed by atoms with Gasteiger partial charge in [0.05, 0.1) is 11.7 Å². The lowest BCUT2D eigenvalue weighted by atomic mass is 9.99. The summed E-state index contributed by atoms with van der Waals surface area (Å²) in [4.78, 5) is 34.7. The molecule has 38 heavy (non-hydrogen) atoms. The maximum absolute atomic E-state index is 13.6. The number of nitrogens with zero attached hydrogens (tertiary/aromatic N) is 3. The Morgan fingerprint density at radius 1 is 1.18 bits per heavy atom. The summed E-state index contributed by atoms with van der Waals surface area (Å²) in [5.74, 6) is 0.364. The molecule has 0 unspecified atom stereocenters. The zero-order chi connectivity index (χ0) is 27.1. The van der Waals surface area contributed by atoms with Crippen molar-refractivity contribution in [2.24, 2.45) is 11.8 Å². The molecule has 1 aromatic carbocycles. The van der Waals surface area contributed by atoms with Crippen molar-refractivity contribution in [1.82, 2.24) is 14.8 Å². The molecule has 0 radical (unpaired) electrons. The number of fused-ring (bicyclic) bond motifs is 1. The van der Waals surface area contributed by atoms with Gasteiger partial charge >= 0.3 is 0 Å². The first-order chi connectivity index (χ1) is 18.4. The van der Waals surface area contributed by atoms with Gasteiger partial charge in [-0.3, -0.25) is 19.5 Å². The molecule has 0 spiro atoms. The number of nitrogens with one attached hydrogen (secondary N) is 1. The standard InChI is InChI=1S/C29H40N4O5/c1-20-16-33(17-22-6-5-11-30-15-22)21(2)19-38-26-8-7-24(31-28(34)23-9-12-37-13-10-23)14-25(26)29(35)32(3)18-27(20)36-4/h5-8,11,14-15,20-21,23,27H,9-10,12-13,16-19H2,1-4H3,(H,31,34)/t20-,21-,27-/m0/s1. The van der Waals surface area contributed by atoms with Gasteiger partial charge in [-0.25, -0.2) is 0 Å². The van der Waals surface area contributed by atoms with E-state index in [2.05, 4.69) is 35.1 Å². The highest BCUT2D eigenvalue weighted by Gasteiger charge is 2.29. The van der Waals surface area contributed by atoms with Crippen LogP contribution in [0.1, 0.15) is 42.6 Å². The van der Waals surface area contributed by atoms with Gasteiger partial charge in [0.25, 0.3) is 5.91 Å². The molecular formula is C29H40N4O5. The van der Waals surface area contributed by atoms with Gasteiger partial charge in [0.2, 0.25) is 5.91 Å². The highest BCUT2D eigenvalue weighted by molar-refractivity contribution is 5.99. The van der Waals surface area contributed by atoms with E-state index in [0.717, 1.165) is 18.7 Å². The minimum Gasteiger partial charge on any atom is -0.491 e. The summed E-state index contributed by atoms with van der Waals surface area (Å²) in [7, 11) is 3.47. The van der Waals surface area contributed by atoms with E-state index in [1.165, 1.54) is 0 Å². The Kier molecular flexibility index (Phi) is 9.71. The summed E-state index contributed by atoms with van der Waals surface area (Å²) in [6.45, 7) is 7.82. The Balaban J connectivity index is 1.59. The van der Waals surface area contributed by atoms with Crippen molar-refractivity contribution < 1.29 is 23.8 Å². The Bertz CT molecular complexity index is 1080. The lowest BCUT2D eigenvalue weighted by Crippen LogP contribution is -2.46. The number of hydrogen-bond donors (Lipinski definition) is 1. The molecule has 206 valence electrons. The van der Waals surface area contributed by atoms with Crippen LogP contribution in [0.25, 0.3) is 0 Å². The normalized spacial score (nSPS) is 24.1. The molecule has 0 aliphatic carbocycles. The molecule has 9 nitrogen and oxygen atoms in total. The van der Waals surface area contributed by atoms with E-state index < -0.39 is 0 Å². The average molecular weight is 525 g/mol. The lowest BCUT2D eigenvalue weighted by Gasteiger charge is -2.36. The van der Waals surface area contributed by atoms with Crippen LogP contribution in [0.4, 0.5) is 5.69 Å². The van der Waals surface area contributed by atoms with Gasteiger partial charge in [-0.1, -0.05) is 13.0 Å². The summed E-state index contributed by atoms with van der Waals surface area (Å²) in [5, 5.41) is 2.99. The second-order valence-electron chi connectivity index (χ2n) is 10.5. The molecule has 1 aromatic heterocycles. The number of carbonyl (C=O) groups is 2. The Morgan fingerprint density at radius 2 is 1.97 bits per heavy atom. The van der Waals surface area contributed by atoms with Crippen molar-refractivity contribution >= 4 is 17.5 Å². The van der Waals surface area contributed by atoms with Gasteiger partial charge in [0, 0.05) is 77.0 Å². The molecule has 1 saturated heterocycles. The molecule has 2 amide bonds. The van der Waals surface area contributed by atoms with Gasteiger partial charge in [-0.15, -0.1) is 0 Å². The Morgan fingerprint density at radius 3 is 2.68 bits per heavy atom. The topological polar surface area (TPSA) is 93.2 Å². The molecule has 1 N–H and O–H groups in total. The zero-order valence-electron chi connectivity index (χ0n) is 22.9. The van der Waals surface area contributed by atoms with Gasteiger partial charge in [-0.2, -0.15) is 0 Å². The largest absolute Gasteiger partial charge is 0.491 e. The maximum atomic E-state index is 13.6. The Labute approximate surface area is 225 Å². The highest BCUT2D eigenvalue weighted by Crippen LogP contribution is 2.27. The number of anilines is 1. The predicted octanol–water partition coefficient (Wildman–Crippen LogP) is 3.45. The number of rotatable bonds is 5. The third kappa shape index (κ3) is 7.09. The fourth-order valence-electron chi connectivity index (χ4n) is 5.08. The number of amides is 2. The van der Waals surface area contributed by atoms with Gasteiger partial charge in [-0.05, 0) is 55.5 Å². The molecular weight excluding hydrogens is 484 g/mol. The number of likely N-dealkylation sites (N-methyl/N-ethyl adjacent to an activating group) is 1. The van der Waals surface area contributed by atoms with Gasteiger partial charge in [0.15, 0.2) is 0 Å². The van der Waals surface area contributed by atoms with Crippen LogP contribution in [0.5, 0.6) is 5.75 Å². The summed E-state index contributed by atoms with van der Waals surface area (Å²) in [5.41, 5.74) is 2.14. The summed E-state index contributed by atoms with van der Waals surface area (Å²) in [6, 6.07) is 9.40. The van der Waals surface area contributed by atoms with Crippen molar-refractivity contribution in [3.05, 3.63) is 53.9 Å². The molecule has 4 rings (SSSR count). The van der Waals surface area contributed by atoms with Crippen molar-refractivity contribution in [1.29, 1.82) is 0 Å². The fourth-order valence-corrected chi connectivity index (χ4v) is 5.08. The SMILES string of the molecule is CO[C@H]1CN(C)C(=O)c2cc(NC(=O)C3CCOCC3)ccc2OC[C@H](C)N(Cc2cccnc2)C[C@@H]1C. The van der Waals surface area contributed by atoms with Crippen LogP contribution in [-0.4, -0.2) is 85.8 Å². The van der Waals surface area contributed by atoms with Crippen molar-refractivity contribution in [2.75, 3.05) is 52.4 Å². The van der Waals surface area contributed by atoms with Gasteiger partial charge in [0.1, 0.15) is 12.4 Å². The predicted molar refractivity (Wildman–Crippen MR) is 145 cm³/mol. The monoisotopic (exact) mass is 524 g/mol. The first kappa shape index (κ1) is 28.0. The van der Waals surface area contributed by atoms with Crippen molar-refractivity contribution in [2.45, 2.75) is 45.4 Å². The fraction of sp³-hybridized carbons (Fsp3) is 0.552. The van der Waals surface area contributed by atoms with Crippen molar-refractivity contribution in [3.63, 3.8) is 0 Å². The highest BCUT2D eigenvalue weighted by atomic mass is 16.5. The maximum Gasteiger partial charge on any atom is 0.257 e. The molecule has 2 aliphatic heterocycles. The minimum atomic E-state index is -0.170. The smallest absolute Gasteiger partial charge is 0.257 e. The summed E-state index contributed by atoms with van der Waals surface area (Å²) < 4.78 is 17.5. The second-order valence-corrected chi connectivity index (χ2v) is 10.5. The van der Waals surface area contributed by atoms with E-state index in [9.17, 15) is 9.59 Å². The number of pyridine rings is 1. The first-order valence-electron chi connectivity index (χ1n) is 13.4. The third-order valence-corrected chi connectivity index (χ3v) is 7.54. The molecule has 0 saturated carbocycles.